The third-order valence-electron chi connectivity index (χ3n) is 1.91. The van der Waals surface area contributed by atoms with Crippen molar-refractivity contribution in [2.45, 2.75) is 39.1 Å². The zero-order chi connectivity index (χ0) is 8.43. The molecule has 1 heterocycles. The first kappa shape index (κ1) is 8.98. The fraction of sp³-hybridized carbons (Fsp3) is 0.778. The molecule has 2 heteroatoms. The van der Waals surface area contributed by atoms with Gasteiger partial charge in [0, 0.05) is 12.2 Å². The molecule has 0 spiro atoms. The highest BCUT2D eigenvalue weighted by molar-refractivity contribution is 8.02. The Hall–Kier alpha value is -0.110. The molecule has 0 N–H and O–H groups in total. The lowest BCUT2D eigenvalue weighted by molar-refractivity contribution is 0.257. The van der Waals surface area contributed by atoms with E-state index in [1.54, 1.807) is 0 Å². The van der Waals surface area contributed by atoms with Crippen LogP contribution in [-0.4, -0.2) is 16.3 Å². The van der Waals surface area contributed by atoms with Crippen LogP contribution in [0.25, 0.3) is 0 Å². The van der Waals surface area contributed by atoms with Crippen LogP contribution < -0.4 is 0 Å². The normalized spacial score (nSPS) is 24.2. The van der Waals surface area contributed by atoms with E-state index in [9.17, 15) is 0 Å². The van der Waals surface area contributed by atoms with Crippen molar-refractivity contribution in [3.8, 4) is 0 Å². The van der Waals surface area contributed by atoms with Gasteiger partial charge in [-0.3, -0.25) is 0 Å². The van der Waals surface area contributed by atoms with Gasteiger partial charge >= 0.3 is 0 Å². The fourth-order valence-electron chi connectivity index (χ4n) is 1.31. The molecular weight excluding hydrogens is 154 g/mol. The van der Waals surface area contributed by atoms with Crippen molar-refractivity contribution in [2.24, 2.45) is 5.92 Å². The number of hydrogen-bond acceptors (Lipinski definition) is 2. The zero-order valence-electron chi connectivity index (χ0n) is 7.74. The molecule has 1 aliphatic heterocycles. The van der Waals surface area contributed by atoms with E-state index in [0.717, 1.165) is 5.92 Å². The standard InChI is InChI=1S/C9H17NS/c1-7(2)9-10(8(3)4)5-6-11-9/h5-9H,1-4H3. The molecule has 0 amide bonds. The molecule has 0 bridgehead atoms. The minimum absolute atomic E-state index is 0.633. The van der Waals surface area contributed by atoms with E-state index in [0.29, 0.717) is 11.4 Å². The topological polar surface area (TPSA) is 3.24 Å². The summed E-state index contributed by atoms with van der Waals surface area (Å²) in [5.41, 5.74) is 0. The molecule has 0 radical (unpaired) electrons. The predicted molar refractivity (Wildman–Crippen MR) is 52.3 cm³/mol. The maximum atomic E-state index is 2.43. The van der Waals surface area contributed by atoms with Crippen LogP contribution in [0.1, 0.15) is 27.7 Å². The van der Waals surface area contributed by atoms with Gasteiger partial charge in [-0.1, -0.05) is 13.8 Å². The highest BCUT2D eigenvalue weighted by atomic mass is 32.2. The van der Waals surface area contributed by atoms with Crippen molar-refractivity contribution < 1.29 is 0 Å². The quantitative estimate of drug-likeness (QED) is 0.628. The van der Waals surface area contributed by atoms with Crippen molar-refractivity contribution in [3.05, 3.63) is 11.6 Å². The van der Waals surface area contributed by atoms with Crippen molar-refractivity contribution >= 4 is 11.8 Å². The van der Waals surface area contributed by atoms with Crippen molar-refractivity contribution in [1.82, 2.24) is 4.90 Å². The first-order chi connectivity index (χ1) is 5.13. The Morgan fingerprint density at radius 3 is 2.27 bits per heavy atom. The summed E-state index contributed by atoms with van der Waals surface area (Å²) in [6, 6.07) is 0.633. The Morgan fingerprint density at radius 2 is 1.91 bits per heavy atom. The van der Waals surface area contributed by atoms with E-state index < -0.39 is 0 Å². The van der Waals surface area contributed by atoms with Crippen LogP contribution in [-0.2, 0) is 0 Å². The van der Waals surface area contributed by atoms with Gasteiger partial charge in [-0.15, -0.1) is 11.8 Å². The SMILES string of the molecule is CC(C)C1SC=CN1C(C)C. The van der Waals surface area contributed by atoms with Crippen molar-refractivity contribution in [2.75, 3.05) is 0 Å². The number of thioether (sulfide) groups is 1. The minimum atomic E-state index is 0.633. The van der Waals surface area contributed by atoms with Gasteiger partial charge in [0.15, 0.2) is 0 Å². The second kappa shape index (κ2) is 3.53. The average molecular weight is 171 g/mol. The van der Waals surface area contributed by atoms with Gasteiger partial charge in [-0.05, 0) is 25.2 Å². The summed E-state index contributed by atoms with van der Waals surface area (Å²) in [5.74, 6) is 0.734. The summed E-state index contributed by atoms with van der Waals surface area (Å²) in [4.78, 5) is 2.43. The van der Waals surface area contributed by atoms with E-state index >= 15 is 0 Å². The molecule has 0 aromatic carbocycles. The number of rotatable bonds is 2. The van der Waals surface area contributed by atoms with Crippen LogP contribution >= 0.6 is 11.8 Å². The molecule has 0 aromatic heterocycles. The molecule has 11 heavy (non-hydrogen) atoms. The summed E-state index contributed by atoms with van der Waals surface area (Å²) in [6.07, 6.45) is 2.21. The molecule has 1 nitrogen and oxygen atoms in total. The maximum absolute atomic E-state index is 2.43. The van der Waals surface area contributed by atoms with Crippen LogP contribution in [0.2, 0.25) is 0 Å². The first-order valence-corrected chi connectivity index (χ1v) is 5.16. The van der Waals surface area contributed by atoms with E-state index in [4.69, 9.17) is 0 Å². The van der Waals surface area contributed by atoms with Crippen molar-refractivity contribution in [1.29, 1.82) is 0 Å². The third kappa shape index (κ3) is 1.92. The number of nitrogens with zero attached hydrogens (tertiary/aromatic N) is 1. The summed E-state index contributed by atoms with van der Waals surface area (Å²) in [5, 5.41) is 2.86. The molecular formula is C9H17NS. The van der Waals surface area contributed by atoms with E-state index in [1.807, 2.05) is 11.8 Å². The average Bonchev–Trinajstić information content (AvgIpc) is 2.32. The molecule has 1 atom stereocenters. The Balaban J connectivity index is 2.56. The van der Waals surface area contributed by atoms with Gasteiger partial charge in [0.05, 0.1) is 5.37 Å². The Kier molecular flexibility index (Phi) is 2.88. The largest absolute Gasteiger partial charge is 0.362 e. The monoisotopic (exact) mass is 171 g/mol. The second-order valence-corrected chi connectivity index (χ2v) is 4.62. The molecule has 1 unspecified atom stereocenters. The summed E-state index contributed by atoms with van der Waals surface area (Å²) in [7, 11) is 0. The molecule has 0 saturated heterocycles. The molecule has 0 fully saturated rings. The van der Waals surface area contributed by atoms with Gasteiger partial charge in [0.1, 0.15) is 0 Å². The van der Waals surface area contributed by atoms with Gasteiger partial charge in [-0.25, -0.2) is 0 Å². The fourth-order valence-corrected chi connectivity index (χ4v) is 2.45. The molecule has 64 valence electrons. The first-order valence-electron chi connectivity index (χ1n) is 4.22. The van der Waals surface area contributed by atoms with Crippen LogP contribution in [0.3, 0.4) is 0 Å². The molecule has 0 aliphatic carbocycles. The van der Waals surface area contributed by atoms with Crippen LogP contribution in [0.5, 0.6) is 0 Å². The van der Waals surface area contributed by atoms with Crippen LogP contribution in [0, 0.1) is 5.92 Å². The number of hydrogen-bond donors (Lipinski definition) is 0. The smallest absolute Gasteiger partial charge is 0.0811 e. The van der Waals surface area contributed by atoms with Crippen LogP contribution in [0.4, 0.5) is 0 Å². The summed E-state index contributed by atoms with van der Waals surface area (Å²) >= 11 is 1.93. The van der Waals surface area contributed by atoms with E-state index in [-0.39, 0.29) is 0 Å². The third-order valence-corrected chi connectivity index (χ3v) is 3.26. The predicted octanol–water partition coefficient (Wildman–Crippen LogP) is 2.90. The second-order valence-electron chi connectivity index (χ2n) is 3.60. The lowest BCUT2D eigenvalue weighted by Gasteiger charge is -2.31. The molecule has 0 saturated carbocycles. The van der Waals surface area contributed by atoms with E-state index in [2.05, 4.69) is 44.2 Å². The lowest BCUT2D eigenvalue weighted by Crippen LogP contribution is -2.34. The highest BCUT2D eigenvalue weighted by Gasteiger charge is 2.24. The zero-order valence-corrected chi connectivity index (χ0v) is 8.56. The maximum Gasteiger partial charge on any atom is 0.0811 e. The van der Waals surface area contributed by atoms with Gasteiger partial charge in [-0.2, -0.15) is 0 Å². The lowest BCUT2D eigenvalue weighted by atomic mass is 10.2. The summed E-state index contributed by atoms with van der Waals surface area (Å²) < 4.78 is 0. The Morgan fingerprint density at radius 1 is 1.27 bits per heavy atom. The van der Waals surface area contributed by atoms with E-state index in [1.165, 1.54) is 0 Å². The van der Waals surface area contributed by atoms with Gasteiger partial charge in [0.2, 0.25) is 0 Å². The minimum Gasteiger partial charge on any atom is -0.362 e. The van der Waals surface area contributed by atoms with Crippen LogP contribution in [0.15, 0.2) is 11.6 Å². The Labute approximate surface area is 73.8 Å². The molecule has 1 aliphatic rings. The van der Waals surface area contributed by atoms with Gasteiger partial charge < -0.3 is 4.90 Å². The summed E-state index contributed by atoms with van der Waals surface area (Å²) in [6.45, 7) is 9.04. The van der Waals surface area contributed by atoms with Gasteiger partial charge in [0.25, 0.3) is 0 Å². The van der Waals surface area contributed by atoms with Crippen molar-refractivity contribution in [3.63, 3.8) is 0 Å². The highest BCUT2D eigenvalue weighted by Crippen LogP contribution is 2.31. The molecule has 0 aromatic rings. The Bertz CT molecular complexity index is 152. The molecule has 1 rings (SSSR count).